The molecule has 2 aliphatic heterocycles. The molecule has 27 heavy (non-hydrogen) atoms. The van der Waals surface area contributed by atoms with Gasteiger partial charge in [-0.3, -0.25) is 4.79 Å². The molecule has 0 radical (unpaired) electrons. The minimum atomic E-state index is -3.67. The molecule has 2 heterocycles. The second-order valence-corrected chi connectivity index (χ2v) is 9.20. The summed E-state index contributed by atoms with van der Waals surface area (Å²) in [5.74, 6) is -0.155. The summed E-state index contributed by atoms with van der Waals surface area (Å²) >= 11 is 0. The third kappa shape index (κ3) is 4.51. The lowest BCUT2D eigenvalue weighted by Crippen LogP contribution is -2.48. The van der Waals surface area contributed by atoms with Crippen molar-refractivity contribution in [1.29, 1.82) is 0 Å². The predicted octanol–water partition coefficient (Wildman–Crippen LogP) is 1.74. The van der Waals surface area contributed by atoms with Crippen LogP contribution in [0.4, 0.5) is 0 Å². The first-order chi connectivity index (χ1) is 12.8. The quantitative estimate of drug-likeness (QED) is 0.775. The highest BCUT2D eigenvalue weighted by Crippen LogP contribution is 2.23. The van der Waals surface area contributed by atoms with Crippen molar-refractivity contribution in [1.82, 2.24) is 9.21 Å². The van der Waals surface area contributed by atoms with E-state index in [-0.39, 0.29) is 29.1 Å². The van der Waals surface area contributed by atoms with Gasteiger partial charge in [-0.2, -0.15) is 4.31 Å². The number of amides is 1. The smallest absolute Gasteiger partial charge is 0.254 e. The number of hydrogen-bond acceptors (Lipinski definition) is 5. The Morgan fingerprint density at radius 2 is 1.89 bits per heavy atom. The molecule has 7 nitrogen and oxygen atoms in total. The summed E-state index contributed by atoms with van der Waals surface area (Å²) in [6.07, 6.45) is 0.553. The number of benzene rings is 1. The third-order valence-corrected chi connectivity index (χ3v) is 6.81. The number of hydrogen-bond donors (Lipinski definition) is 0. The first-order valence-electron chi connectivity index (χ1n) is 9.47. The molecular weight excluding hydrogens is 368 g/mol. The number of ether oxygens (including phenoxy) is 2. The SMILES string of the molecule is CCC1CN(C(=O)c2cccc(S(=O)(=O)N3CC(C)OC(C)C3)c2)CCO1. The van der Waals surface area contributed by atoms with Gasteiger partial charge in [-0.15, -0.1) is 0 Å². The van der Waals surface area contributed by atoms with Crippen molar-refractivity contribution < 1.29 is 22.7 Å². The van der Waals surface area contributed by atoms with E-state index >= 15 is 0 Å². The Kier molecular flexibility index (Phi) is 6.20. The standard InChI is InChI=1S/C19H28N2O5S/c1-4-17-13-20(8-9-25-17)19(22)16-6-5-7-18(10-16)27(23,24)21-11-14(2)26-15(3)12-21/h5-7,10,14-15,17H,4,8-9,11-13H2,1-3H3. The van der Waals surface area contributed by atoms with Gasteiger partial charge in [-0.05, 0) is 38.5 Å². The summed E-state index contributed by atoms with van der Waals surface area (Å²) in [5, 5.41) is 0. The second-order valence-electron chi connectivity index (χ2n) is 7.26. The average molecular weight is 397 g/mol. The summed E-state index contributed by atoms with van der Waals surface area (Å²) < 4.78 is 38.8. The van der Waals surface area contributed by atoms with Crippen LogP contribution in [-0.4, -0.2) is 74.6 Å². The van der Waals surface area contributed by atoms with E-state index in [1.165, 1.54) is 10.4 Å². The molecule has 0 aliphatic carbocycles. The lowest BCUT2D eigenvalue weighted by atomic mass is 10.1. The first-order valence-corrected chi connectivity index (χ1v) is 10.9. The fourth-order valence-corrected chi connectivity index (χ4v) is 5.24. The minimum Gasteiger partial charge on any atom is -0.375 e. The number of carbonyl (C=O) groups is 1. The van der Waals surface area contributed by atoms with Crippen molar-refractivity contribution in [3.63, 3.8) is 0 Å². The van der Waals surface area contributed by atoms with E-state index < -0.39 is 10.0 Å². The average Bonchev–Trinajstić information content (AvgIpc) is 2.66. The first kappa shape index (κ1) is 20.3. The van der Waals surface area contributed by atoms with Crippen molar-refractivity contribution in [2.75, 3.05) is 32.8 Å². The number of nitrogens with zero attached hydrogens (tertiary/aromatic N) is 2. The van der Waals surface area contributed by atoms with E-state index in [0.717, 1.165) is 6.42 Å². The maximum atomic E-state index is 13.1. The van der Waals surface area contributed by atoms with Gasteiger partial charge in [0.15, 0.2) is 0 Å². The Hall–Kier alpha value is -1.48. The van der Waals surface area contributed by atoms with Gasteiger partial charge in [0.25, 0.3) is 5.91 Å². The lowest BCUT2D eigenvalue weighted by Gasteiger charge is -2.34. The Labute approximate surface area is 161 Å². The maximum Gasteiger partial charge on any atom is 0.254 e. The molecule has 3 rings (SSSR count). The van der Waals surface area contributed by atoms with Crippen molar-refractivity contribution in [2.45, 2.75) is 50.4 Å². The van der Waals surface area contributed by atoms with Gasteiger partial charge in [0.05, 0.1) is 29.8 Å². The highest BCUT2D eigenvalue weighted by Gasteiger charge is 2.33. The van der Waals surface area contributed by atoms with E-state index in [2.05, 4.69) is 0 Å². The molecule has 3 unspecified atom stereocenters. The van der Waals surface area contributed by atoms with Crippen molar-refractivity contribution in [3.05, 3.63) is 29.8 Å². The summed E-state index contributed by atoms with van der Waals surface area (Å²) in [6, 6.07) is 6.33. The molecule has 1 aromatic rings. The van der Waals surface area contributed by atoms with Gasteiger partial charge >= 0.3 is 0 Å². The molecule has 0 saturated carbocycles. The van der Waals surface area contributed by atoms with E-state index in [0.29, 0.717) is 38.3 Å². The Balaban J connectivity index is 1.81. The third-order valence-electron chi connectivity index (χ3n) is 4.99. The van der Waals surface area contributed by atoms with Crippen molar-refractivity contribution in [3.8, 4) is 0 Å². The lowest BCUT2D eigenvalue weighted by molar-refractivity contribution is -0.0440. The van der Waals surface area contributed by atoms with Crippen LogP contribution in [0, 0.1) is 0 Å². The highest BCUT2D eigenvalue weighted by atomic mass is 32.2. The van der Waals surface area contributed by atoms with Gasteiger partial charge in [0.1, 0.15) is 0 Å². The fraction of sp³-hybridized carbons (Fsp3) is 0.632. The van der Waals surface area contributed by atoms with E-state index in [1.807, 2.05) is 20.8 Å². The number of carbonyl (C=O) groups excluding carboxylic acids is 1. The summed E-state index contributed by atoms with van der Waals surface area (Å²) in [4.78, 5) is 14.7. The van der Waals surface area contributed by atoms with E-state index in [4.69, 9.17) is 9.47 Å². The monoisotopic (exact) mass is 396 g/mol. The van der Waals surface area contributed by atoms with E-state index in [1.54, 1.807) is 23.1 Å². The molecule has 2 fully saturated rings. The molecule has 0 aromatic heterocycles. The van der Waals surface area contributed by atoms with Crippen LogP contribution in [0.1, 0.15) is 37.6 Å². The molecule has 150 valence electrons. The van der Waals surface area contributed by atoms with Crippen LogP contribution in [0.5, 0.6) is 0 Å². The van der Waals surface area contributed by atoms with Gasteiger partial charge in [0.2, 0.25) is 10.0 Å². The minimum absolute atomic E-state index is 0.0333. The molecule has 2 saturated heterocycles. The van der Waals surface area contributed by atoms with Crippen LogP contribution in [0.25, 0.3) is 0 Å². The van der Waals surface area contributed by atoms with Gasteiger partial charge in [-0.1, -0.05) is 13.0 Å². The number of rotatable bonds is 4. The van der Waals surface area contributed by atoms with Gasteiger partial charge in [-0.25, -0.2) is 8.42 Å². The van der Waals surface area contributed by atoms with Crippen LogP contribution < -0.4 is 0 Å². The number of sulfonamides is 1. The van der Waals surface area contributed by atoms with Gasteiger partial charge in [0, 0.05) is 31.7 Å². The molecule has 0 spiro atoms. The zero-order chi connectivity index (χ0) is 19.6. The normalized spacial score (nSPS) is 27.5. The molecule has 1 aromatic carbocycles. The molecule has 1 amide bonds. The van der Waals surface area contributed by atoms with Crippen molar-refractivity contribution >= 4 is 15.9 Å². The van der Waals surface area contributed by atoms with Crippen LogP contribution in [0.2, 0.25) is 0 Å². The van der Waals surface area contributed by atoms with Crippen LogP contribution in [-0.2, 0) is 19.5 Å². The second kappa shape index (κ2) is 8.26. The largest absolute Gasteiger partial charge is 0.375 e. The molecule has 8 heteroatoms. The zero-order valence-corrected chi connectivity index (χ0v) is 16.9. The Bertz CT molecular complexity index is 772. The van der Waals surface area contributed by atoms with Crippen LogP contribution in [0.15, 0.2) is 29.2 Å². The Morgan fingerprint density at radius 3 is 2.56 bits per heavy atom. The molecule has 0 N–H and O–H groups in total. The van der Waals surface area contributed by atoms with E-state index in [9.17, 15) is 13.2 Å². The molecule has 0 bridgehead atoms. The van der Waals surface area contributed by atoms with Crippen LogP contribution in [0.3, 0.4) is 0 Å². The van der Waals surface area contributed by atoms with Crippen LogP contribution >= 0.6 is 0 Å². The summed E-state index contributed by atoms with van der Waals surface area (Å²) in [7, 11) is -3.67. The zero-order valence-electron chi connectivity index (χ0n) is 16.1. The summed E-state index contributed by atoms with van der Waals surface area (Å²) in [5.41, 5.74) is 0.391. The summed E-state index contributed by atoms with van der Waals surface area (Å²) in [6.45, 7) is 7.93. The maximum absolute atomic E-state index is 13.1. The van der Waals surface area contributed by atoms with Gasteiger partial charge < -0.3 is 14.4 Å². The predicted molar refractivity (Wildman–Crippen MR) is 101 cm³/mol. The molecule has 3 atom stereocenters. The molecule has 2 aliphatic rings. The number of morpholine rings is 2. The topological polar surface area (TPSA) is 76.2 Å². The molecular formula is C19H28N2O5S. The fourth-order valence-electron chi connectivity index (χ4n) is 3.60. The highest BCUT2D eigenvalue weighted by molar-refractivity contribution is 7.89. The Morgan fingerprint density at radius 1 is 1.19 bits per heavy atom. The van der Waals surface area contributed by atoms with Crippen molar-refractivity contribution in [2.24, 2.45) is 0 Å².